The molecule has 1 heterocycles. The third-order valence-corrected chi connectivity index (χ3v) is 3.96. The van der Waals surface area contributed by atoms with Crippen LogP contribution in [0.4, 0.5) is 0 Å². The molecule has 2 fully saturated rings. The SMILES string of the molecule is CC1OCCC1NC1CCC(N(C)C)C1. The zero-order valence-electron chi connectivity index (χ0n) is 10.2. The first-order chi connectivity index (χ1) is 7.16. The van der Waals surface area contributed by atoms with Crippen LogP contribution in [0, 0.1) is 0 Å². The average Bonchev–Trinajstić information content (AvgIpc) is 2.77. The topological polar surface area (TPSA) is 24.5 Å². The van der Waals surface area contributed by atoms with Crippen LogP contribution in [0.15, 0.2) is 0 Å². The lowest BCUT2D eigenvalue weighted by molar-refractivity contribution is 0.110. The lowest BCUT2D eigenvalue weighted by Crippen LogP contribution is -2.41. The molecule has 2 rings (SSSR count). The molecule has 3 heteroatoms. The molecule has 1 saturated heterocycles. The number of nitrogens with one attached hydrogen (secondary N) is 1. The van der Waals surface area contributed by atoms with E-state index in [0.717, 1.165) is 12.6 Å². The summed E-state index contributed by atoms with van der Waals surface area (Å²) < 4.78 is 5.58. The molecule has 1 saturated carbocycles. The van der Waals surface area contributed by atoms with Crippen LogP contribution in [0.5, 0.6) is 0 Å². The van der Waals surface area contributed by atoms with E-state index in [9.17, 15) is 0 Å². The van der Waals surface area contributed by atoms with Crippen LogP contribution < -0.4 is 5.32 Å². The summed E-state index contributed by atoms with van der Waals surface area (Å²) in [5.41, 5.74) is 0. The van der Waals surface area contributed by atoms with Crippen molar-refractivity contribution in [3.05, 3.63) is 0 Å². The second-order valence-corrected chi connectivity index (χ2v) is 5.27. The fraction of sp³-hybridized carbons (Fsp3) is 1.00. The van der Waals surface area contributed by atoms with Crippen molar-refractivity contribution in [2.75, 3.05) is 20.7 Å². The van der Waals surface area contributed by atoms with Crippen molar-refractivity contribution < 1.29 is 4.74 Å². The Morgan fingerprint density at radius 1 is 1.20 bits per heavy atom. The van der Waals surface area contributed by atoms with E-state index in [1.807, 2.05) is 0 Å². The summed E-state index contributed by atoms with van der Waals surface area (Å²) in [6, 6.07) is 2.09. The predicted molar refractivity (Wildman–Crippen MR) is 62.1 cm³/mol. The van der Waals surface area contributed by atoms with Gasteiger partial charge in [0.1, 0.15) is 0 Å². The minimum Gasteiger partial charge on any atom is -0.377 e. The minimum absolute atomic E-state index is 0.406. The van der Waals surface area contributed by atoms with Crippen molar-refractivity contribution in [1.82, 2.24) is 10.2 Å². The van der Waals surface area contributed by atoms with E-state index < -0.39 is 0 Å². The molecule has 88 valence electrons. The third kappa shape index (κ3) is 2.71. The van der Waals surface area contributed by atoms with Gasteiger partial charge in [0, 0.05) is 24.7 Å². The molecule has 2 aliphatic rings. The molecule has 4 unspecified atom stereocenters. The van der Waals surface area contributed by atoms with Gasteiger partial charge in [-0.15, -0.1) is 0 Å². The maximum absolute atomic E-state index is 5.58. The summed E-state index contributed by atoms with van der Waals surface area (Å²) in [6.07, 6.45) is 5.56. The molecule has 0 aromatic heterocycles. The maximum atomic E-state index is 5.58. The normalized spacial score (nSPS) is 41.6. The number of nitrogens with zero attached hydrogens (tertiary/aromatic N) is 1. The highest BCUT2D eigenvalue weighted by Gasteiger charge is 2.31. The Morgan fingerprint density at radius 3 is 2.53 bits per heavy atom. The average molecular weight is 212 g/mol. The zero-order chi connectivity index (χ0) is 10.8. The Bertz CT molecular complexity index is 208. The standard InChI is InChI=1S/C12H24N2O/c1-9-12(6-7-15-9)13-10-4-5-11(8-10)14(2)3/h9-13H,4-8H2,1-3H3. The molecule has 4 atom stereocenters. The van der Waals surface area contributed by atoms with Crippen LogP contribution in [0.1, 0.15) is 32.6 Å². The first-order valence-corrected chi connectivity index (χ1v) is 6.21. The second kappa shape index (κ2) is 4.81. The monoisotopic (exact) mass is 212 g/mol. The highest BCUT2D eigenvalue weighted by Crippen LogP contribution is 2.24. The van der Waals surface area contributed by atoms with Gasteiger partial charge in [0.25, 0.3) is 0 Å². The van der Waals surface area contributed by atoms with Gasteiger partial charge in [-0.2, -0.15) is 0 Å². The van der Waals surface area contributed by atoms with Crippen LogP contribution >= 0.6 is 0 Å². The van der Waals surface area contributed by atoms with E-state index >= 15 is 0 Å². The molecule has 0 bridgehead atoms. The molecule has 0 aromatic rings. The fourth-order valence-electron chi connectivity index (χ4n) is 2.83. The van der Waals surface area contributed by atoms with E-state index in [-0.39, 0.29) is 0 Å². The van der Waals surface area contributed by atoms with Crippen LogP contribution in [0.3, 0.4) is 0 Å². The molecular formula is C12H24N2O. The van der Waals surface area contributed by atoms with E-state index in [4.69, 9.17) is 4.74 Å². The highest BCUT2D eigenvalue weighted by atomic mass is 16.5. The number of rotatable bonds is 3. The van der Waals surface area contributed by atoms with Crippen molar-refractivity contribution in [3.63, 3.8) is 0 Å². The molecule has 0 radical (unpaired) electrons. The summed E-state index contributed by atoms with van der Waals surface area (Å²) >= 11 is 0. The van der Waals surface area contributed by atoms with Crippen molar-refractivity contribution in [1.29, 1.82) is 0 Å². The summed E-state index contributed by atoms with van der Waals surface area (Å²) in [6.45, 7) is 3.12. The molecule has 1 aliphatic heterocycles. The van der Waals surface area contributed by atoms with Crippen molar-refractivity contribution in [3.8, 4) is 0 Å². The Kier molecular flexibility index (Phi) is 3.65. The molecule has 3 nitrogen and oxygen atoms in total. The smallest absolute Gasteiger partial charge is 0.0700 e. The quantitative estimate of drug-likeness (QED) is 0.761. The highest BCUT2D eigenvalue weighted by molar-refractivity contribution is 4.89. The van der Waals surface area contributed by atoms with Crippen LogP contribution in [0.2, 0.25) is 0 Å². The predicted octanol–water partition coefficient (Wildman–Crippen LogP) is 1.24. The van der Waals surface area contributed by atoms with Gasteiger partial charge in [-0.05, 0) is 46.7 Å². The van der Waals surface area contributed by atoms with E-state index in [0.29, 0.717) is 18.2 Å². The summed E-state index contributed by atoms with van der Waals surface area (Å²) in [4.78, 5) is 2.36. The van der Waals surface area contributed by atoms with Gasteiger partial charge in [-0.3, -0.25) is 0 Å². The lowest BCUT2D eigenvalue weighted by Gasteiger charge is -2.23. The minimum atomic E-state index is 0.406. The van der Waals surface area contributed by atoms with Crippen molar-refractivity contribution in [2.24, 2.45) is 0 Å². The molecule has 0 amide bonds. The number of hydrogen-bond donors (Lipinski definition) is 1. The Hall–Kier alpha value is -0.120. The first-order valence-electron chi connectivity index (χ1n) is 6.21. The van der Waals surface area contributed by atoms with Crippen LogP contribution in [-0.2, 0) is 4.74 Å². The third-order valence-electron chi connectivity index (χ3n) is 3.96. The van der Waals surface area contributed by atoms with Gasteiger partial charge in [0.15, 0.2) is 0 Å². The summed E-state index contributed by atoms with van der Waals surface area (Å²) in [7, 11) is 4.38. The Morgan fingerprint density at radius 2 is 2.00 bits per heavy atom. The van der Waals surface area contributed by atoms with Gasteiger partial charge in [0.2, 0.25) is 0 Å². The molecule has 1 N–H and O–H groups in total. The number of ether oxygens (including phenoxy) is 1. The summed E-state index contributed by atoms with van der Waals surface area (Å²) in [5, 5.41) is 3.76. The Labute approximate surface area is 93.2 Å². The molecule has 0 spiro atoms. The van der Waals surface area contributed by atoms with Crippen molar-refractivity contribution >= 4 is 0 Å². The summed E-state index contributed by atoms with van der Waals surface area (Å²) in [5.74, 6) is 0. The van der Waals surface area contributed by atoms with Gasteiger partial charge in [-0.1, -0.05) is 0 Å². The molecule has 0 aromatic carbocycles. The van der Waals surface area contributed by atoms with E-state index in [1.54, 1.807) is 0 Å². The lowest BCUT2D eigenvalue weighted by atomic mass is 10.1. The van der Waals surface area contributed by atoms with Crippen molar-refractivity contribution in [2.45, 2.75) is 56.8 Å². The van der Waals surface area contributed by atoms with E-state index in [1.165, 1.54) is 25.7 Å². The zero-order valence-corrected chi connectivity index (χ0v) is 10.2. The fourth-order valence-corrected chi connectivity index (χ4v) is 2.83. The van der Waals surface area contributed by atoms with Gasteiger partial charge >= 0.3 is 0 Å². The van der Waals surface area contributed by atoms with Crippen LogP contribution in [0.25, 0.3) is 0 Å². The second-order valence-electron chi connectivity index (χ2n) is 5.27. The maximum Gasteiger partial charge on any atom is 0.0700 e. The molecular weight excluding hydrogens is 188 g/mol. The van der Waals surface area contributed by atoms with Gasteiger partial charge in [-0.25, -0.2) is 0 Å². The Balaban J connectivity index is 1.77. The molecule has 15 heavy (non-hydrogen) atoms. The first kappa shape index (κ1) is 11.4. The molecule has 1 aliphatic carbocycles. The van der Waals surface area contributed by atoms with Gasteiger partial charge in [0.05, 0.1) is 6.10 Å². The van der Waals surface area contributed by atoms with Gasteiger partial charge < -0.3 is 15.0 Å². The largest absolute Gasteiger partial charge is 0.377 e. The van der Waals surface area contributed by atoms with E-state index in [2.05, 4.69) is 31.2 Å². The number of hydrogen-bond acceptors (Lipinski definition) is 3. The van der Waals surface area contributed by atoms with Crippen LogP contribution in [-0.4, -0.2) is 49.8 Å².